The van der Waals surface area contributed by atoms with Crippen LogP contribution >= 0.6 is 0 Å². The highest BCUT2D eigenvalue weighted by molar-refractivity contribution is 5.90. The molecule has 0 saturated heterocycles. The van der Waals surface area contributed by atoms with Crippen LogP contribution in [-0.4, -0.2) is 78.0 Å². The number of carbonyl (C=O) groups is 2. The summed E-state index contributed by atoms with van der Waals surface area (Å²) in [4.78, 5) is 32.9. The minimum atomic E-state index is -4.77. The summed E-state index contributed by atoms with van der Waals surface area (Å²) in [5, 5.41) is 15.0. The number of rotatable bonds is 4. The lowest BCUT2D eigenvalue weighted by Gasteiger charge is -2.24. The summed E-state index contributed by atoms with van der Waals surface area (Å²) in [6.07, 6.45) is -4.35. The summed E-state index contributed by atoms with van der Waals surface area (Å²) in [5.74, 6) is 0.0548. The van der Waals surface area contributed by atoms with Crippen LogP contribution in [0.15, 0.2) is 24.3 Å². The van der Waals surface area contributed by atoms with Crippen molar-refractivity contribution in [2.24, 2.45) is 0 Å². The Bertz CT molecular complexity index is 1230. The number of H-pyrrole nitrogens is 1. The smallest absolute Gasteiger partial charge is 0.445 e. The quantitative estimate of drug-likeness (QED) is 0.566. The maximum absolute atomic E-state index is 12.9. The molecule has 0 aliphatic carbocycles. The second kappa shape index (κ2) is 9.47. The Morgan fingerprint density at radius 3 is 2.50 bits per heavy atom. The molecule has 36 heavy (non-hydrogen) atoms. The summed E-state index contributed by atoms with van der Waals surface area (Å²) < 4.78 is 47.5. The Hall–Kier alpha value is -4.17. The van der Waals surface area contributed by atoms with Crippen molar-refractivity contribution < 1.29 is 32.2 Å². The Kier molecular flexibility index (Phi) is 6.20. The molecule has 3 aromatic rings. The van der Waals surface area contributed by atoms with Gasteiger partial charge >= 0.3 is 12.5 Å². The third-order valence-corrected chi connectivity index (χ3v) is 5.85. The normalized spacial score (nSPS) is 15.6. The second-order valence-electron chi connectivity index (χ2n) is 8.25. The van der Waals surface area contributed by atoms with Gasteiger partial charge in [0.1, 0.15) is 23.9 Å². The number of halogens is 3. The fraction of sp³-hybridized carbons (Fsp3) is 0.429. The molecule has 2 aliphatic heterocycles. The summed E-state index contributed by atoms with van der Waals surface area (Å²) in [6, 6.07) is 5.09. The lowest BCUT2D eigenvalue weighted by molar-refractivity contribution is -0.274. The number of hydrogen-bond acceptors (Lipinski definition) is 8. The average molecular weight is 506 g/mol. The van der Waals surface area contributed by atoms with Crippen LogP contribution in [0.3, 0.4) is 0 Å². The maximum Gasteiger partial charge on any atom is 0.573 e. The van der Waals surface area contributed by atoms with E-state index >= 15 is 0 Å². The number of fused-ring (bicyclic) bond motifs is 2. The third kappa shape index (κ3) is 5.23. The summed E-state index contributed by atoms with van der Waals surface area (Å²) in [7, 11) is 0. The molecular weight excluding hydrogens is 485 g/mol. The molecule has 0 fully saturated rings. The molecule has 190 valence electrons. The van der Waals surface area contributed by atoms with E-state index < -0.39 is 12.5 Å². The van der Waals surface area contributed by atoms with Crippen molar-refractivity contribution in [3.63, 3.8) is 0 Å². The third-order valence-electron chi connectivity index (χ3n) is 5.85. The molecule has 1 aromatic carbocycles. The zero-order valence-corrected chi connectivity index (χ0v) is 18.9. The minimum absolute atomic E-state index is 0.103. The van der Waals surface area contributed by atoms with Gasteiger partial charge < -0.3 is 19.3 Å². The number of ether oxygens (including phenoxy) is 2. The number of aromatic nitrogens is 6. The van der Waals surface area contributed by atoms with E-state index in [1.165, 1.54) is 17.0 Å². The molecule has 0 radical (unpaired) electrons. The zero-order chi connectivity index (χ0) is 25.3. The fourth-order valence-corrected chi connectivity index (χ4v) is 4.01. The van der Waals surface area contributed by atoms with Gasteiger partial charge in [-0.05, 0) is 17.7 Å². The molecule has 1 N–H and O–H groups in total. The standard InChI is InChI=1S/C21H21F3N8O4/c22-21(23,24)36-14-3-1-13(2-4-14)12-35-20(34)30-8-6-17-25-18(28-32(17)10-9-30)19(33)31-7-5-15-16(11-31)27-29-26-15/h1-4H,5-12H2,(H,26,27,29). The zero-order valence-electron chi connectivity index (χ0n) is 18.9. The highest BCUT2D eigenvalue weighted by Gasteiger charge is 2.31. The van der Waals surface area contributed by atoms with Crippen LogP contribution in [-0.2, 0) is 37.3 Å². The van der Waals surface area contributed by atoms with E-state index in [-0.39, 0.29) is 24.1 Å². The van der Waals surface area contributed by atoms with E-state index in [0.29, 0.717) is 57.0 Å². The van der Waals surface area contributed by atoms with Gasteiger partial charge in [0.2, 0.25) is 5.82 Å². The van der Waals surface area contributed by atoms with Gasteiger partial charge in [-0.25, -0.2) is 14.5 Å². The molecule has 0 atom stereocenters. The highest BCUT2D eigenvalue weighted by atomic mass is 19.4. The SMILES string of the molecule is O=C(OCc1ccc(OC(F)(F)F)cc1)N1CCc2nc(C(=O)N3CCc4n[nH]nc4C3)nn2CC1. The van der Waals surface area contributed by atoms with Crippen molar-refractivity contribution in [3.05, 3.63) is 52.9 Å². The number of nitrogens with one attached hydrogen (secondary N) is 1. The number of nitrogens with zero attached hydrogens (tertiary/aromatic N) is 7. The molecular formula is C21H21F3N8O4. The molecule has 0 bridgehead atoms. The molecule has 4 heterocycles. The predicted octanol–water partition coefficient (Wildman–Crippen LogP) is 1.69. The van der Waals surface area contributed by atoms with Gasteiger partial charge in [0, 0.05) is 32.5 Å². The fourth-order valence-electron chi connectivity index (χ4n) is 4.01. The van der Waals surface area contributed by atoms with E-state index in [2.05, 4.69) is 30.2 Å². The van der Waals surface area contributed by atoms with E-state index in [1.807, 2.05) is 0 Å². The predicted molar refractivity (Wildman–Crippen MR) is 113 cm³/mol. The summed E-state index contributed by atoms with van der Waals surface area (Å²) in [6.45, 7) is 1.68. The summed E-state index contributed by atoms with van der Waals surface area (Å²) in [5.41, 5.74) is 2.10. The highest BCUT2D eigenvalue weighted by Crippen LogP contribution is 2.23. The van der Waals surface area contributed by atoms with Crippen LogP contribution < -0.4 is 4.74 Å². The van der Waals surface area contributed by atoms with Crippen LogP contribution in [0.5, 0.6) is 5.75 Å². The van der Waals surface area contributed by atoms with E-state index in [0.717, 1.165) is 23.5 Å². The Labute approximate surface area is 202 Å². The van der Waals surface area contributed by atoms with E-state index in [1.54, 1.807) is 9.58 Å². The van der Waals surface area contributed by atoms with E-state index in [4.69, 9.17) is 4.74 Å². The van der Waals surface area contributed by atoms with Crippen molar-refractivity contribution in [1.82, 2.24) is 40.0 Å². The van der Waals surface area contributed by atoms with Gasteiger partial charge in [0.25, 0.3) is 5.91 Å². The monoisotopic (exact) mass is 506 g/mol. The first kappa shape index (κ1) is 23.6. The first-order chi connectivity index (χ1) is 17.2. The number of alkyl halides is 3. The van der Waals surface area contributed by atoms with E-state index in [9.17, 15) is 22.8 Å². The minimum Gasteiger partial charge on any atom is -0.445 e. The lowest BCUT2D eigenvalue weighted by Crippen LogP contribution is -2.37. The second-order valence-corrected chi connectivity index (χ2v) is 8.25. The molecule has 2 aromatic heterocycles. The molecule has 2 aliphatic rings. The first-order valence-electron chi connectivity index (χ1n) is 11.1. The number of aromatic amines is 1. The van der Waals surface area contributed by atoms with Gasteiger partial charge in [-0.15, -0.1) is 18.3 Å². The molecule has 0 saturated carbocycles. The van der Waals surface area contributed by atoms with Crippen molar-refractivity contribution in [3.8, 4) is 5.75 Å². The average Bonchev–Trinajstić information content (AvgIpc) is 3.44. The Balaban J connectivity index is 1.13. The van der Waals surface area contributed by atoms with Crippen molar-refractivity contribution in [2.45, 2.75) is 38.9 Å². The largest absolute Gasteiger partial charge is 0.573 e. The van der Waals surface area contributed by atoms with Gasteiger partial charge in [-0.2, -0.15) is 15.4 Å². The van der Waals surface area contributed by atoms with Crippen LogP contribution in [0.2, 0.25) is 0 Å². The maximum atomic E-state index is 12.9. The number of carbonyl (C=O) groups excluding carboxylic acids is 2. The van der Waals surface area contributed by atoms with Crippen molar-refractivity contribution >= 4 is 12.0 Å². The number of amides is 2. The summed E-state index contributed by atoms with van der Waals surface area (Å²) >= 11 is 0. The Morgan fingerprint density at radius 2 is 1.72 bits per heavy atom. The van der Waals surface area contributed by atoms with Crippen LogP contribution in [0.25, 0.3) is 0 Å². The molecule has 15 heteroatoms. The molecule has 2 amide bonds. The number of benzene rings is 1. The molecule has 0 spiro atoms. The van der Waals surface area contributed by atoms with Gasteiger partial charge in [-0.3, -0.25) is 4.79 Å². The van der Waals surface area contributed by atoms with Gasteiger partial charge in [0.05, 0.1) is 18.8 Å². The molecule has 12 nitrogen and oxygen atoms in total. The topological polar surface area (TPSA) is 131 Å². The molecule has 0 unspecified atom stereocenters. The van der Waals surface area contributed by atoms with Crippen LogP contribution in [0, 0.1) is 0 Å². The van der Waals surface area contributed by atoms with Crippen molar-refractivity contribution in [1.29, 1.82) is 0 Å². The Morgan fingerprint density at radius 1 is 0.972 bits per heavy atom. The van der Waals surface area contributed by atoms with Crippen molar-refractivity contribution in [2.75, 3.05) is 19.6 Å². The van der Waals surface area contributed by atoms with Gasteiger partial charge in [0.15, 0.2) is 0 Å². The molecule has 5 rings (SSSR count). The van der Waals surface area contributed by atoms with Gasteiger partial charge in [-0.1, -0.05) is 12.1 Å². The first-order valence-corrected chi connectivity index (χ1v) is 11.1. The van der Waals surface area contributed by atoms with Crippen LogP contribution in [0.4, 0.5) is 18.0 Å². The lowest BCUT2D eigenvalue weighted by atomic mass is 10.1. The van der Waals surface area contributed by atoms with Crippen LogP contribution in [0.1, 0.15) is 33.4 Å². The number of hydrogen-bond donors (Lipinski definition) is 1.